The van der Waals surface area contributed by atoms with E-state index in [0.717, 1.165) is 0 Å². The standard InChI is InChI=1S/C24H24ClNO6S.Na/c1-16(26-14-23(27)18-3-2-4-19(25)13-18)15-32-20-7-11-22(12-8-20)33(30,31)21-9-5-17(6-10-21)24(28)29;/h2-13,16,23,26-27H,14-15H2,1H3,(H,28,29);/q;+1/p-1/t16-,23+;/m1./s1. The molecule has 10 heteroatoms. The van der Waals surface area contributed by atoms with Gasteiger partial charge in [0.1, 0.15) is 12.4 Å². The summed E-state index contributed by atoms with van der Waals surface area (Å²) in [5.74, 6) is -0.881. The number of benzene rings is 3. The Balaban J connectivity index is 0.00000408. The van der Waals surface area contributed by atoms with E-state index in [2.05, 4.69) is 5.32 Å². The van der Waals surface area contributed by atoms with Crippen LogP contribution in [0.2, 0.25) is 5.02 Å². The number of nitrogens with one attached hydrogen (secondary N) is 1. The van der Waals surface area contributed by atoms with E-state index in [4.69, 9.17) is 16.3 Å². The molecular weight excluding hydrogens is 489 g/mol. The maximum Gasteiger partial charge on any atom is 1.00 e. The first kappa shape index (κ1) is 28.3. The van der Waals surface area contributed by atoms with E-state index in [1.54, 1.807) is 36.4 Å². The van der Waals surface area contributed by atoms with Gasteiger partial charge in [0.25, 0.3) is 0 Å². The molecule has 0 aromatic heterocycles. The minimum absolute atomic E-state index is 0. The summed E-state index contributed by atoms with van der Waals surface area (Å²) in [6.07, 6.45) is -0.712. The Bertz CT molecular complexity index is 1200. The normalized spacial score (nSPS) is 12.9. The molecule has 0 aliphatic rings. The maximum absolute atomic E-state index is 12.7. The molecule has 0 amide bonds. The topological polar surface area (TPSA) is 116 Å². The molecule has 34 heavy (non-hydrogen) atoms. The summed E-state index contributed by atoms with van der Waals surface area (Å²) in [6, 6.07) is 17.8. The van der Waals surface area contributed by atoms with Crippen molar-refractivity contribution in [2.45, 2.75) is 28.9 Å². The molecule has 2 N–H and O–H groups in total. The number of rotatable bonds is 10. The number of carboxylic acids is 1. The van der Waals surface area contributed by atoms with Gasteiger partial charge in [0.05, 0.1) is 21.9 Å². The molecule has 0 spiro atoms. The zero-order valence-corrected chi connectivity index (χ0v) is 22.3. The van der Waals surface area contributed by atoms with Gasteiger partial charge in [-0.2, -0.15) is 0 Å². The molecule has 3 rings (SSSR count). The number of aliphatic hydroxyl groups is 1. The number of sulfone groups is 1. The molecule has 7 nitrogen and oxygen atoms in total. The predicted octanol–water partition coefficient (Wildman–Crippen LogP) is -0.369. The number of halogens is 1. The van der Waals surface area contributed by atoms with Crippen molar-refractivity contribution in [2.75, 3.05) is 13.2 Å². The fourth-order valence-corrected chi connectivity index (χ4v) is 4.51. The summed E-state index contributed by atoms with van der Waals surface area (Å²) in [5.41, 5.74) is 0.620. The van der Waals surface area contributed by atoms with Crippen molar-refractivity contribution in [3.8, 4) is 5.75 Å². The van der Waals surface area contributed by atoms with Crippen LogP contribution in [-0.4, -0.2) is 38.7 Å². The van der Waals surface area contributed by atoms with Gasteiger partial charge in [0.15, 0.2) is 0 Å². The predicted molar refractivity (Wildman–Crippen MR) is 122 cm³/mol. The van der Waals surface area contributed by atoms with Crippen molar-refractivity contribution < 1.29 is 57.7 Å². The Morgan fingerprint density at radius 3 is 2.21 bits per heavy atom. The molecule has 0 aliphatic heterocycles. The van der Waals surface area contributed by atoms with Crippen molar-refractivity contribution in [2.24, 2.45) is 0 Å². The first-order chi connectivity index (χ1) is 15.7. The molecule has 0 fully saturated rings. The third-order valence-electron chi connectivity index (χ3n) is 4.93. The van der Waals surface area contributed by atoms with E-state index in [1.165, 1.54) is 36.4 Å². The number of aliphatic hydroxyl groups excluding tert-OH is 1. The van der Waals surface area contributed by atoms with Crippen molar-refractivity contribution in [1.29, 1.82) is 0 Å². The zero-order valence-electron chi connectivity index (χ0n) is 18.8. The van der Waals surface area contributed by atoms with Crippen LogP contribution in [0, 0.1) is 0 Å². The van der Waals surface area contributed by atoms with E-state index in [0.29, 0.717) is 29.5 Å². The molecule has 0 aliphatic carbocycles. The first-order valence-corrected chi connectivity index (χ1v) is 12.0. The molecule has 0 unspecified atom stereocenters. The van der Waals surface area contributed by atoms with E-state index < -0.39 is 21.9 Å². The number of hydrogen-bond acceptors (Lipinski definition) is 7. The Morgan fingerprint density at radius 2 is 1.65 bits per heavy atom. The fourth-order valence-electron chi connectivity index (χ4n) is 3.05. The summed E-state index contributed by atoms with van der Waals surface area (Å²) >= 11 is 5.95. The van der Waals surface area contributed by atoms with Gasteiger partial charge in [0.2, 0.25) is 9.84 Å². The van der Waals surface area contributed by atoms with Gasteiger partial charge < -0.3 is 25.1 Å². The molecule has 2 atom stereocenters. The molecule has 0 saturated carbocycles. The SMILES string of the molecule is C[C@H](COc1ccc(S(=O)(=O)c2ccc(C(=O)[O-])cc2)cc1)NC[C@H](O)c1cccc(Cl)c1.[Na+]. The van der Waals surface area contributed by atoms with Crippen molar-refractivity contribution in [3.05, 3.63) is 88.9 Å². The Kier molecular flexibility index (Phi) is 10.6. The second-order valence-electron chi connectivity index (χ2n) is 7.48. The van der Waals surface area contributed by atoms with Crippen LogP contribution in [-0.2, 0) is 9.84 Å². The van der Waals surface area contributed by atoms with Crippen LogP contribution in [0.4, 0.5) is 0 Å². The van der Waals surface area contributed by atoms with Crippen LogP contribution < -0.4 is 44.7 Å². The van der Waals surface area contributed by atoms with Gasteiger partial charge in [-0.15, -0.1) is 0 Å². The van der Waals surface area contributed by atoms with Gasteiger partial charge in [-0.25, -0.2) is 8.42 Å². The van der Waals surface area contributed by atoms with Gasteiger partial charge in [-0.3, -0.25) is 0 Å². The van der Waals surface area contributed by atoms with E-state index in [-0.39, 0.29) is 51.0 Å². The van der Waals surface area contributed by atoms with Gasteiger partial charge in [-0.05, 0) is 66.6 Å². The second-order valence-corrected chi connectivity index (χ2v) is 9.86. The fraction of sp³-hybridized carbons (Fsp3) is 0.208. The molecule has 174 valence electrons. The summed E-state index contributed by atoms with van der Waals surface area (Å²) in [5, 5.41) is 24.8. The van der Waals surface area contributed by atoms with Crippen LogP contribution in [0.5, 0.6) is 5.75 Å². The van der Waals surface area contributed by atoms with E-state index in [9.17, 15) is 23.4 Å². The third-order valence-corrected chi connectivity index (χ3v) is 6.95. The average Bonchev–Trinajstić information content (AvgIpc) is 2.81. The van der Waals surface area contributed by atoms with Crippen LogP contribution >= 0.6 is 11.6 Å². The largest absolute Gasteiger partial charge is 1.00 e. The minimum atomic E-state index is -3.80. The van der Waals surface area contributed by atoms with E-state index >= 15 is 0 Å². The zero-order chi connectivity index (χ0) is 24.0. The van der Waals surface area contributed by atoms with Gasteiger partial charge in [-0.1, -0.05) is 35.9 Å². The Labute approximate surface area is 225 Å². The monoisotopic (exact) mass is 511 g/mol. The minimum Gasteiger partial charge on any atom is -0.545 e. The summed E-state index contributed by atoms with van der Waals surface area (Å²) < 4.78 is 31.2. The molecule has 0 radical (unpaired) electrons. The number of hydrogen-bond donors (Lipinski definition) is 2. The van der Waals surface area contributed by atoms with Crippen LogP contribution in [0.1, 0.15) is 28.9 Å². The summed E-state index contributed by atoms with van der Waals surface area (Å²) in [7, 11) is -3.80. The second kappa shape index (κ2) is 12.7. The molecule has 0 heterocycles. The van der Waals surface area contributed by atoms with Crippen molar-refractivity contribution >= 4 is 27.4 Å². The number of ether oxygens (including phenoxy) is 1. The maximum atomic E-state index is 12.7. The van der Waals surface area contributed by atoms with Crippen LogP contribution in [0.25, 0.3) is 0 Å². The van der Waals surface area contributed by atoms with E-state index in [1.807, 2.05) is 6.92 Å². The average molecular weight is 512 g/mol. The molecule has 0 bridgehead atoms. The molecule has 3 aromatic rings. The van der Waals surface area contributed by atoms with Crippen LogP contribution in [0.3, 0.4) is 0 Å². The van der Waals surface area contributed by atoms with Crippen LogP contribution in [0.15, 0.2) is 82.6 Å². The Hall–Kier alpha value is -1.91. The quantitative estimate of drug-likeness (QED) is 0.357. The molecular formula is C24H23ClNNaO6S. The summed E-state index contributed by atoms with van der Waals surface area (Å²) in [6.45, 7) is 2.53. The number of carboxylic acid groups (broad SMARTS) is 1. The number of aromatic carboxylic acids is 1. The molecule has 0 saturated heterocycles. The molecule has 3 aromatic carbocycles. The van der Waals surface area contributed by atoms with Crippen molar-refractivity contribution in [1.82, 2.24) is 5.32 Å². The number of carbonyl (C=O) groups excluding carboxylic acids is 1. The first-order valence-electron chi connectivity index (χ1n) is 10.1. The van der Waals surface area contributed by atoms with Gasteiger partial charge >= 0.3 is 29.6 Å². The third kappa shape index (κ3) is 7.55. The van der Waals surface area contributed by atoms with Crippen molar-refractivity contribution in [3.63, 3.8) is 0 Å². The Morgan fingerprint density at radius 1 is 1.06 bits per heavy atom. The smallest absolute Gasteiger partial charge is 0.545 e. The number of carbonyl (C=O) groups is 1. The van der Waals surface area contributed by atoms with Gasteiger partial charge in [0, 0.05) is 17.6 Å². The summed E-state index contributed by atoms with van der Waals surface area (Å²) in [4.78, 5) is 10.9.